The molecule has 8 aromatic rings. The lowest BCUT2D eigenvalue weighted by Gasteiger charge is -2.42. The third-order valence-electron chi connectivity index (χ3n) is 11.9. The molecule has 0 spiro atoms. The quantitative estimate of drug-likeness (QED) is 0.134. The minimum atomic E-state index is -4.72. The molecule has 2 aromatic carbocycles. The van der Waals surface area contributed by atoms with Crippen LogP contribution in [0.2, 0.25) is 0 Å². The van der Waals surface area contributed by atoms with Crippen molar-refractivity contribution in [3.05, 3.63) is 143 Å². The Balaban J connectivity index is 0.986. The predicted octanol–water partition coefficient (Wildman–Crippen LogP) is 9.61. The molecule has 1 atom stereocenters. The van der Waals surface area contributed by atoms with E-state index in [1.54, 1.807) is 50.2 Å². The van der Waals surface area contributed by atoms with Crippen LogP contribution < -0.4 is 20.4 Å². The fraction of sp³-hybridized carbons (Fsp3) is 0.234. The number of fused-ring (bicyclic) bond motifs is 2. The number of rotatable bonds is 9. The number of aryl methyl sites for hydroxylation is 2. The van der Waals surface area contributed by atoms with Crippen molar-refractivity contribution in [3.63, 3.8) is 0 Å². The van der Waals surface area contributed by atoms with Crippen LogP contribution in [0.15, 0.2) is 103 Å². The maximum absolute atomic E-state index is 14.5. The number of halogens is 6. The van der Waals surface area contributed by atoms with Crippen molar-refractivity contribution in [1.29, 1.82) is 0 Å². The molecule has 20 heteroatoms. The highest BCUT2D eigenvalue weighted by molar-refractivity contribution is 6.05. The van der Waals surface area contributed by atoms with Crippen molar-refractivity contribution in [2.75, 3.05) is 40.1 Å². The van der Waals surface area contributed by atoms with Crippen molar-refractivity contribution in [2.24, 2.45) is 0 Å². The Hall–Kier alpha value is -7.90. The lowest BCUT2D eigenvalue weighted by atomic mass is 9.93. The van der Waals surface area contributed by atoms with Gasteiger partial charge in [0.1, 0.15) is 23.3 Å². The monoisotopic (exact) mass is 916 g/mol. The maximum atomic E-state index is 14.5. The van der Waals surface area contributed by atoms with Crippen LogP contribution in [0.1, 0.15) is 74.4 Å². The summed E-state index contributed by atoms with van der Waals surface area (Å²) in [6, 6.07) is 24.3. The Morgan fingerprint density at radius 1 is 0.597 bits per heavy atom. The Morgan fingerprint density at radius 3 is 1.76 bits per heavy atom. The molecule has 10 rings (SSSR count). The second-order valence-electron chi connectivity index (χ2n) is 16.2. The van der Waals surface area contributed by atoms with E-state index in [1.807, 2.05) is 11.0 Å². The fourth-order valence-electron chi connectivity index (χ4n) is 8.75. The lowest BCUT2D eigenvalue weighted by Crippen LogP contribution is -2.42. The standard InChI is InChI=1S/C47H38F6N12O2/c1-26-41(64-40(54-26)20-19-33(60-64)28-11-3-5-13-31(28)46(48,49)50)44(66)59-37-16-10-18-39(57-37)63-24-21-35(63)30-25-34(29-12-4-6-14-32(29)47(51,52)53)61-65-42(27(2)55-43(30)65)45(67)58-36-15-9-17-38(56-36)62-22-7-8-23-62/h3-6,9-20,25,35H,7-8,21-24H2,1-2H3,(H,56,58,67)(H,57,59,66). The van der Waals surface area contributed by atoms with Crippen LogP contribution in [0, 0.1) is 13.8 Å². The van der Waals surface area contributed by atoms with E-state index in [2.05, 4.69) is 35.7 Å². The summed E-state index contributed by atoms with van der Waals surface area (Å²) >= 11 is 0. The van der Waals surface area contributed by atoms with Gasteiger partial charge in [-0.2, -0.15) is 36.5 Å². The molecule has 0 saturated carbocycles. The third kappa shape index (κ3) is 8.01. The fourth-order valence-corrected chi connectivity index (χ4v) is 8.75. The van der Waals surface area contributed by atoms with E-state index in [0.717, 1.165) is 38.1 Å². The summed E-state index contributed by atoms with van der Waals surface area (Å²) in [6.45, 7) is 5.35. The molecule has 1 unspecified atom stereocenters. The Bertz CT molecular complexity index is 3250. The highest BCUT2D eigenvalue weighted by Crippen LogP contribution is 2.43. The highest BCUT2D eigenvalue weighted by Gasteiger charge is 2.38. The van der Waals surface area contributed by atoms with Gasteiger partial charge in [0.15, 0.2) is 22.7 Å². The second kappa shape index (κ2) is 16.5. The van der Waals surface area contributed by atoms with Gasteiger partial charge in [0, 0.05) is 36.3 Å². The van der Waals surface area contributed by atoms with Gasteiger partial charge in [-0.05, 0) is 87.7 Å². The number of hydrogen-bond acceptors (Lipinski definition) is 10. The minimum absolute atomic E-state index is 0.0125. The zero-order valence-corrected chi connectivity index (χ0v) is 35.7. The van der Waals surface area contributed by atoms with Crippen LogP contribution in [0.4, 0.5) is 49.6 Å². The number of carbonyl (C=O) groups is 2. The number of hydrogen-bond donors (Lipinski definition) is 2. The number of pyridine rings is 2. The largest absolute Gasteiger partial charge is 0.417 e. The van der Waals surface area contributed by atoms with Crippen LogP contribution in [0.5, 0.6) is 0 Å². The number of alkyl halides is 6. The molecular formula is C47H38F6N12O2. The van der Waals surface area contributed by atoms with Gasteiger partial charge >= 0.3 is 12.4 Å². The summed E-state index contributed by atoms with van der Waals surface area (Å²) in [5.41, 5.74) is -0.711. The molecule has 2 aliphatic rings. The topological polar surface area (TPSA) is 151 Å². The molecule has 2 N–H and O–H groups in total. The first-order valence-corrected chi connectivity index (χ1v) is 21.3. The molecule has 0 radical (unpaired) electrons. The number of benzene rings is 2. The van der Waals surface area contributed by atoms with E-state index in [1.165, 1.54) is 57.6 Å². The third-order valence-corrected chi connectivity index (χ3v) is 11.9. The van der Waals surface area contributed by atoms with E-state index in [9.17, 15) is 35.9 Å². The molecule has 0 bridgehead atoms. The van der Waals surface area contributed by atoms with Crippen molar-refractivity contribution >= 4 is 46.4 Å². The van der Waals surface area contributed by atoms with E-state index >= 15 is 0 Å². The highest BCUT2D eigenvalue weighted by atomic mass is 19.4. The molecule has 2 saturated heterocycles. The summed E-state index contributed by atoms with van der Waals surface area (Å²) in [6.07, 6.45) is -6.79. The number of amides is 2. The predicted molar refractivity (Wildman–Crippen MR) is 237 cm³/mol. The number of aromatic nitrogens is 8. The number of carbonyl (C=O) groups excluding carboxylic acids is 2. The van der Waals surface area contributed by atoms with Gasteiger partial charge in [-0.1, -0.05) is 48.5 Å². The van der Waals surface area contributed by atoms with Crippen molar-refractivity contribution in [1.82, 2.24) is 39.2 Å². The number of imidazole rings is 2. The van der Waals surface area contributed by atoms with Gasteiger partial charge in [0.05, 0.1) is 39.9 Å². The molecule has 0 aliphatic carbocycles. The van der Waals surface area contributed by atoms with E-state index in [-0.39, 0.29) is 68.2 Å². The lowest BCUT2D eigenvalue weighted by molar-refractivity contribution is -0.137. The zero-order valence-electron chi connectivity index (χ0n) is 35.7. The van der Waals surface area contributed by atoms with Crippen molar-refractivity contribution in [2.45, 2.75) is 51.5 Å². The normalized spacial score (nSPS) is 15.3. The second-order valence-corrected chi connectivity index (χ2v) is 16.2. The molecule has 8 heterocycles. The van der Waals surface area contributed by atoms with E-state index in [0.29, 0.717) is 30.2 Å². The van der Waals surface area contributed by atoms with Crippen LogP contribution in [0.25, 0.3) is 33.8 Å². The van der Waals surface area contributed by atoms with Gasteiger partial charge in [-0.15, -0.1) is 0 Å². The van der Waals surface area contributed by atoms with Gasteiger partial charge in [0.25, 0.3) is 11.8 Å². The Kier molecular flexibility index (Phi) is 10.6. The molecular weight excluding hydrogens is 879 g/mol. The van der Waals surface area contributed by atoms with Gasteiger partial charge in [0.2, 0.25) is 0 Å². The van der Waals surface area contributed by atoms with Gasteiger partial charge in [-0.25, -0.2) is 29.0 Å². The molecule has 2 fully saturated rings. The van der Waals surface area contributed by atoms with Gasteiger partial charge in [-0.3, -0.25) is 9.59 Å². The maximum Gasteiger partial charge on any atom is 0.417 e. The van der Waals surface area contributed by atoms with E-state index in [4.69, 9.17) is 9.97 Å². The molecule has 67 heavy (non-hydrogen) atoms. The first kappa shape index (κ1) is 43.0. The Labute approximate surface area is 377 Å². The van der Waals surface area contributed by atoms with E-state index < -0.39 is 41.3 Å². The first-order chi connectivity index (χ1) is 32.1. The van der Waals surface area contributed by atoms with Crippen LogP contribution in [-0.2, 0) is 12.4 Å². The summed E-state index contributed by atoms with van der Waals surface area (Å²) < 4.78 is 87.8. The van der Waals surface area contributed by atoms with Gasteiger partial charge < -0.3 is 20.4 Å². The SMILES string of the molecule is Cc1nc2ccc(-c3ccccc3C(F)(F)F)nn2c1C(=O)Nc1cccc(N2CCC2c2cc(-c3ccccc3C(F)(F)F)nn3c(C(=O)Nc4cccc(N5CCCC5)n4)c(C)nc23)n1. The first-order valence-electron chi connectivity index (χ1n) is 21.3. The number of anilines is 4. The molecule has 14 nitrogen and oxygen atoms in total. The summed E-state index contributed by atoms with van der Waals surface area (Å²) in [5, 5.41) is 14.7. The molecule has 340 valence electrons. The van der Waals surface area contributed by atoms with Crippen molar-refractivity contribution in [3.8, 4) is 22.5 Å². The molecule has 6 aromatic heterocycles. The molecule has 2 aliphatic heterocycles. The summed E-state index contributed by atoms with van der Waals surface area (Å²) in [7, 11) is 0. The van der Waals surface area contributed by atoms with Crippen LogP contribution in [-0.4, -0.2) is 70.6 Å². The smallest absolute Gasteiger partial charge is 0.357 e. The average Bonchev–Trinajstić information content (AvgIpc) is 4.03. The summed E-state index contributed by atoms with van der Waals surface area (Å²) in [4.78, 5) is 50.7. The van der Waals surface area contributed by atoms with Crippen LogP contribution in [0.3, 0.4) is 0 Å². The minimum Gasteiger partial charge on any atom is -0.357 e. The zero-order chi connectivity index (χ0) is 46.8. The van der Waals surface area contributed by atoms with Crippen LogP contribution >= 0.6 is 0 Å². The number of nitrogens with zero attached hydrogens (tertiary/aromatic N) is 10. The Morgan fingerprint density at radius 2 is 1.15 bits per heavy atom. The van der Waals surface area contributed by atoms with Crippen molar-refractivity contribution < 1.29 is 35.9 Å². The molecule has 2 amide bonds. The summed E-state index contributed by atoms with van der Waals surface area (Å²) in [5.74, 6) is 0.248. The number of nitrogens with one attached hydrogen (secondary N) is 2. The average molecular weight is 917 g/mol.